The van der Waals surface area contributed by atoms with E-state index in [9.17, 15) is 0 Å². The molecule has 2 aliphatic rings. The van der Waals surface area contributed by atoms with Crippen molar-refractivity contribution in [3.8, 4) is 0 Å². The molecule has 1 saturated carbocycles. The van der Waals surface area contributed by atoms with Crippen LogP contribution in [0.15, 0.2) is 11.2 Å². The van der Waals surface area contributed by atoms with Gasteiger partial charge in [0.2, 0.25) is 0 Å². The minimum Gasteiger partial charge on any atom is -0.360 e. The van der Waals surface area contributed by atoms with Crippen LogP contribution in [0.5, 0.6) is 0 Å². The molecule has 1 fully saturated rings. The molecule has 18 heavy (non-hydrogen) atoms. The first-order valence-corrected chi connectivity index (χ1v) is 8.38. The molecule has 0 unspecified atom stereocenters. The first-order valence-electron chi connectivity index (χ1n) is 6.58. The molecule has 1 N–H and O–H groups in total. The number of thioether (sulfide) groups is 1. The second-order valence-corrected chi connectivity index (χ2v) is 7.60. The Bertz CT molecular complexity index is 447. The van der Waals surface area contributed by atoms with Gasteiger partial charge in [-0.15, -0.1) is 11.3 Å². The number of thiazole rings is 1. The summed E-state index contributed by atoms with van der Waals surface area (Å²) in [4.78, 5) is 10.3. The third-order valence-corrected chi connectivity index (χ3v) is 6.04. The van der Waals surface area contributed by atoms with E-state index in [1.54, 1.807) is 11.3 Å². The second-order valence-electron chi connectivity index (χ2n) is 5.32. The summed E-state index contributed by atoms with van der Waals surface area (Å²) in [5.74, 6) is 1.25. The third kappa shape index (κ3) is 2.72. The lowest BCUT2D eigenvalue weighted by molar-refractivity contribution is 0.358. The summed E-state index contributed by atoms with van der Waals surface area (Å²) in [6.45, 7) is 3.94. The van der Waals surface area contributed by atoms with Crippen molar-refractivity contribution >= 4 is 28.3 Å². The maximum absolute atomic E-state index is 4.74. The molecule has 5 heteroatoms. The van der Waals surface area contributed by atoms with Crippen molar-refractivity contribution in [1.82, 2.24) is 10.3 Å². The van der Waals surface area contributed by atoms with Crippen LogP contribution in [0.25, 0.3) is 0 Å². The molecule has 0 radical (unpaired) electrons. The number of nitrogens with zero attached hydrogens (tertiary/aromatic N) is 2. The van der Waals surface area contributed by atoms with Crippen molar-refractivity contribution in [2.75, 3.05) is 12.3 Å². The van der Waals surface area contributed by atoms with Gasteiger partial charge < -0.3 is 5.32 Å². The Morgan fingerprint density at radius 1 is 1.39 bits per heavy atom. The van der Waals surface area contributed by atoms with Crippen LogP contribution < -0.4 is 5.32 Å². The lowest BCUT2D eigenvalue weighted by atomic mass is 9.89. The van der Waals surface area contributed by atoms with Crippen molar-refractivity contribution in [3.05, 3.63) is 16.1 Å². The molecule has 0 saturated heterocycles. The van der Waals surface area contributed by atoms with Crippen LogP contribution in [-0.4, -0.2) is 22.4 Å². The number of amidine groups is 1. The molecule has 98 valence electrons. The van der Waals surface area contributed by atoms with Crippen molar-refractivity contribution in [2.24, 2.45) is 10.4 Å². The molecule has 0 atom stereocenters. The summed E-state index contributed by atoms with van der Waals surface area (Å²) in [6.07, 6.45) is 7.52. The standard InChI is InChI=1S/C13H19N3S2/c1-10-14-6-11(18-10)7-15-12-16-8-13(9-17-12)4-2-3-5-13/h6H,2-5,7-9H2,1H3,(H,15,16). The normalized spacial score (nSPS) is 22.2. The molecule has 1 aliphatic heterocycles. The fourth-order valence-corrected chi connectivity index (χ4v) is 4.62. The maximum Gasteiger partial charge on any atom is 0.156 e. The van der Waals surface area contributed by atoms with Gasteiger partial charge in [0.15, 0.2) is 5.17 Å². The fraction of sp³-hybridized carbons (Fsp3) is 0.692. The maximum atomic E-state index is 4.74. The Labute approximate surface area is 116 Å². The Kier molecular flexibility index (Phi) is 3.61. The van der Waals surface area contributed by atoms with Crippen LogP contribution in [-0.2, 0) is 6.54 Å². The van der Waals surface area contributed by atoms with Crippen LogP contribution in [0.1, 0.15) is 35.6 Å². The highest BCUT2D eigenvalue weighted by atomic mass is 32.2. The van der Waals surface area contributed by atoms with E-state index in [1.807, 2.05) is 24.9 Å². The molecule has 3 rings (SSSR count). The third-order valence-electron chi connectivity index (χ3n) is 3.82. The fourth-order valence-electron chi connectivity index (χ4n) is 2.74. The van der Waals surface area contributed by atoms with Gasteiger partial charge in [0.1, 0.15) is 0 Å². The summed E-state index contributed by atoms with van der Waals surface area (Å²) < 4.78 is 0. The summed E-state index contributed by atoms with van der Waals surface area (Å²) in [6, 6.07) is 0. The molecule has 2 heterocycles. The number of nitrogens with one attached hydrogen (secondary N) is 1. The Morgan fingerprint density at radius 3 is 2.83 bits per heavy atom. The number of aryl methyl sites for hydroxylation is 1. The first-order chi connectivity index (χ1) is 8.76. The zero-order chi connectivity index (χ0) is 12.4. The van der Waals surface area contributed by atoms with E-state index in [1.165, 1.54) is 36.3 Å². The van der Waals surface area contributed by atoms with Crippen LogP contribution in [0.3, 0.4) is 0 Å². The van der Waals surface area contributed by atoms with Gasteiger partial charge in [-0.2, -0.15) is 0 Å². The Hall–Kier alpha value is -0.550. The van der Waals surface area contributed by atoms with Crippen molar-refractivity contribution < 1.29 is 0 Å². The van der Waals surface area contributed by atoms with E-state index in [2.05, 4.69) is 10.3 Å². The van der Waals surface area contributed by atoms with Gasteiger partial charge in [-0.05, 0) is 25.2 Å². The van der Waals surface area contributed by atoms with Crippen molar-refractivity contribution in [3.63, 3.8) is 0 Å². The molecule has 0 bridgehead atoms. The van der Waals surface area contributed by atoms with Crippen LogP contribution in [0, 0.1) is 12.3 Å². The minimum absolute atomic E-state index is 0.539. The van der Waals surface area contributed by atoms with Gasteiger partial charge in [0.05, 0.1) is 11.6 Å². The van der Waals surface area contributed by atoms with Crippen LogP contribution >= 0.6 is 23.1 Å². The molecule has 3 nitrogen and oxygen atoms in total. The lowest BCUT2D eigenvalue weighted by Gasteiger charge is -2.31. The largest absolute Gasteiger partial charge is 0.360 e. The molecule has 1 aliphatic carbocycles. The Balaban J connectivity index is 1.54. The predicted octanol–water partition coefficient (Wildman–Crippen LogP) is 3.20. The SMILES string of the molecule is Cc1ncc(CNC2=NCC3(CCCC3)CS2)s1. The van der Waals surface area contributed by atoms with Crippen LogP contribution in [0.2, 0.25) is 0 Å². The van der Waals surface area contributed by atoms with E-state index >= 15 is 0 Å². The number of aromatic nitrogens is 1. The highest BCUT2D eigenvalue weighted by molar-refractivity contribution is 8.13. The zero-order valence-corrected chi connectivity index (χ0v) is 12.4. The average Bonchev–Trinajstić information content (AvgIpc) is 2.99. The molecule has 1 aromatic heterocycles. The van der Waals surface area contributed by atoms with E-state index in [0.29, 0.717) is 5.41 Å². The van der Waals surface area contributed by atoms with E-state index in [0.717, 1.165) is 23.3 Å². The van der Waals surface area contributed by atoms with Gasteiger partial charge in [-0.25, -0.2) is 4.98 Å². The monoisotopic (exact) mass is 281 g/mol. The topological polar surface area (TPSA) is 37.3 Å². The summed E-state index contributed by atoms with van der Waals surface area (Å²) in [5, 5.41) is 5.70. The molecule has 1 spiro atoms. The number of aliphatic imine (C=N–C) groups is 1. The minimum atomic E-state index is 0.539. The summed E-state index contributed by atoms with van der Waals surface area (Å²) in [7, 11) is 0. The molecular formula is C13H19N3S2. The number of hydrogen-bond donors (Lipinski definition) is 1. The van der Waals surface area contributed by atoms with E-state index in [4.69, 9.17) is 4.99 Å². The van der Waals surface area contributed by atoms with Gasteiger partial charge in [0.25, 0.3) is 0 Å². The van der Waals surface area contributed by atoms with Gasteiger partial charge in [-0.1, -0.05) is 24.6 Å². The van der Waals surface area contributed by atoms with Gasteiger partial charge in [-0.3, -0.25) is 4.99 Å². The van der Waals surface area contributed by atoms with E-state index in [-0.39, 0.29) is 0 Å². The molecule has 0 aromatic carbocycles. The first kappa shape index (κ1) is 12.5. The molecular weight excluding hydrogens is 262 g/mol. The summed E-state index contributed by atoms with van der Waals surface area (Å²) >= 11 is 3.67. The Morgan fingerprint density at radius 2 is 2.22 bits per heavy atom. The number of rotatable bonds is 2. The van der Waals surface area contributed by atoms with Gasteiger partial charge >= 0.3 is 0 Å². The summed E-state index contributed by atoms with van der Waals surface area (Å²) in [5.41, 5.74) is 0.539. The smallest absolute Gasteiger partial charge is 0.156 e. The lowest BCUT2D eigenvalue weighted by Crippen LogP contribution is -2.33. The predicted molar refractivity (Wildman–Crippen MR) is 79.4 cm³/mol. The highest BCUT2D eigenvalue weighted by Gasteiger charge is 2.36. The van der Waals surface area contributed by atoms with Gasteiger partial charge in [0, 0.05) is 23.4 Å². The van der Waals surface area contributed by atoms with Crippen molar-refractivity contribution in [2.45, 2.75) is 39.2 Å². The number of hydrogen-bond acceptors (Lipinski definition) is 5. The average molecular weight is 281 g/mol. The quantitative estimate of drug-likeness (QED) is 0.904. The zero-order valence-electron chi connectivity index (χ0n) is 10.7. The van der Waals surface area contributed by atoms with Crippen LogP contribution in [0.4, 0.5) is 0 Å². The second kappa shape index (κ2) is 5.21. The molecule has 1 aromatic rings. The van der Waals surface area contributed by atoms with E-state index < -0.39 is 0 Å². The van der Waals surface area contributed by atoms with Crippen molar-refractivity contribution in [1.29, 1.82) is 0 Å². The molecule has 0 amide bonds. The highest BCUT2D eigenvalue weighted by Crippen LogP contribution is 2.43.